The largest absolute Gasteiger partial charge is 0.530 e. The van der Waals surface area contributed by atoms with Gasteiger partial charge in [-0.25, -0.2) is 15.0 Å². The van der Waals surface area contributed by atoms with Crippen molar-refractivity contribution in [3.63, 3.8) is 0 Å². The Morgan fingerprint density at radius 1 is 0.773 bits per heavy atom. The maximum atomic E-state index is 9.90. The molecule has 0 amide bonds. The Balaban J connectivity index is 2.14. The van der Waals surface area contributed by atoms with Crippen LogP contribution in [0.2, 0.25) is 0 Å². The number of hydrogen-bond acceptors (Lipinski definition) is 5. The zero-order valence-corrected chi connectivity index (χ0v) is 12.0. The van der Waals surface area contributed by atoms with Crippen molar-refractivity contribution in [1.29, 1.82) is 0 Å². The van der Waals surface area contributed by atoms with Gasteiger partial charge in [0.25, 0.3) is 0 Å². The summed E-state index contributed by atoms with van der Waals surface area (Å²) in [5, 5.41) is 9.90. The highest BCUT2D eigenvalue weighted by molar-refractivity contribution is 6.57. The van der Waals surface area contributed by atoms with Crippen LogP contribution in [0.4, 0.5) is 0 Å². The first kappa shape index (κ1) is 14.4. The molecule has 0 aliphatic carbocycles. The molecule has 0 atom stereocenters. The van der Waals surface area contributed by atoms with Crippen LogP contribution in [-0.4, -0.2) is 34.2 Å². The highest BCUT2D eigenvalue weighted by Gasteiger charge is 2.21. The summed E-state index contributed by atoms with van der Waals surface area (Å²) in [6.07, 6.45) is 0. The number of rotatable bonds is 4. The van der Waals surface area contributed by atoms with Crippen LogP contribution in [0.3, 0.4) is 0 Å². The molecular weight excluding hydrogens is 277 g/mol. The van der Waals surface area contributed by atoms with Gasteiger partial charge in [-0.1, -0.05) is 60.7 Å². The molecule has 0 radical (unpaired) electrons. The number of nitrogens with zero attached hydrogens (tertiary/aromatic N) is 3. The van der Waals surface area contributed by atoms with Gasteiger partial charge in [0.05, 0.1) is 0 Å². The van der Waals surface area contributed by atoms with Crippen molar-refractivity contribution in [3.8, 4) is 22.8 Å². The average molecular weight is 291 g/mol. The van der Waals surface area contributed by atoms with Crippen LogP contribution in [0.25, 0.3) is 22.8 Å². The van der Waals surface area contributed by atoms with E-state index in [-0.39, 0.29) is 5.72 Å². The Labute approximate surface area is 128 Å². The molecule has 0 unspecified atom stereocenters. The maximum absolute atomic E-state index is 9.90. The lowest BCUT2D eigenvalue weighted by Crippen LogP contribution is -2.38. The van der Waals surface area contributed by atoms with Crippen molar-refractivity contribution in [2.75, 3.05) is 7.11 Å². The zero-order chi connectivity index (χ0) is 15.4. The van der Waals surface area contributed by atoms with E-state index in [1.54, 1.807) is 0 Å². The number of aromatic nitrogens is 3. The summed E-state index contributed by atoms with van der Waals surface area (Å²) < 4.78 is 4.92. The molecular formula is C16H14BN3O2. The maximum Gasteiger partial charge on any atom is 0.530 e. The quantitative estimate of drug-likeness (QED) is 0.738. The minimum absolute atomic E-state index is 0.190. The first-order valence-corrected chi connectivity index (χ1v) is 6.85. The molecule has 6 heteroatoms. The summed E-state index contributed by atoms with van der Waals surface area (Å²) in [6, 6.07) is 19.1. The summed E-state index contributed by atoms with van der Waals surface area (Å²) in [4.78, 5) is 13.1. The van der Waals surface area contributed by atoms with E-state index in [0.29, 0.717) is 11.6 Å². The molecule has 0 saturated heterocycles. The molecule has 1 aromatic heterocycles. The first-order chi connectivity index (χ1) is 10.8. The van der Waals surface area contributed by atoms with Gasteiger partial charge >= 0.3 is 7.12 Å². The standard InChI is InChI=1S/C16H14BN3O2/c1-22-17(21)16-19-14(12-8-4-2-5-9-12)18-15(20-16)13-10-6-3-7-11-13/h2-11,21H,1H3. The van der Waals surface area contributed by atoms with Crippen molar-refractivity contribution in [2.45, 2.75) is 0 Å². The summed E-state index contributed by atoms with van der Waals surface area (Å²) in [6.45, 7) is 0. The third kappa shape index (κ3) is 3.03. The van der Waals surface area contributed by atoms with Gasteiger partial charge in [0.1, 0.15) is 0 Å². The Morgan fingerprint density at radius 2 is 1.23 bits per heavy atom. The lowest BCUT2D eigenvalue weighted by atomic mass is 9.89. The van der Waals surface area contributed by atoms with E-state index in [9.17, 15) is 5.02 Å². The summed E-state index contributed by atoms with van der Waals surface area (Å²) in [5.74, 6) is 1.00. The molecule has 0 fully saturated rings. The molecule has 3 rings (SSSR count). The van der Waals surface area contributed by atoms with E-state index < -0.39 is 7.12 Å². The fraction of sp³-hybridized carbons (Fsp3) is 0.0625. The van der Waals surface area contributed by atoms with Gasteiger partial charge in [0.15, 0.2) is 17.4 Å². The van der Waals surface area contributed by atoms with Gasteiger partial charge in [-0.05, 0) is 0 Å². The third-order valence-corrected chi connectivity index (χ3v) is 3.16. The van der Waals surface area contributed by atoms with Crippen molar-refractivity contribution >= 4 is 12.8 Å². The monoisotopic (exact) mass is 291 g/mol. The molecule has 22 heavy (non-hydrogen) atoms. The Morgan fingerprint density at radius 3 is 1.64 bits per heavy atom. The van der Waals surface area contributed by atoms with Crippen LogP contribution in [0, 0.1) is 0 Å². The van der Waals surface area contributed by atoms with Gasteiger partial charge in [-0.2, -0.15) is 0 Å². The summed E-state index contributed by atoms with van der Waals surface area (Å²) in [5.41, 5.74) is 1.90. The van der Waals surface area contributed by atoms with E-state index in [4.69, 9.17) is 4.65 Å². The van der Waals surface area contributed by atoms with E-state index in [0.717, 1.165) is 11.1 Å². The predicted octanol–water partition coefficient (Wildman–Crippen LogP) is 1.54. The van der Waals surface area contributed by atoms with E-state index in [1.807, 2.05) is 60.7 Å². The highest BCUT2D eigenvalue weighted by atomic mass is 16.5. The lowest BCUT2D eigenvalue weighted by molar-refractivity contribution is 0.339. The van der Waals surface area contributed by atoms with Crippen molar-refractivity contribution in [2.24, 2.45) is 0 Å². The Bertz CT molecular complexity index is 696. The predicted molar refractivity (Wildman–Crippen MR) is 85.3 cm³/mol. The molecule has 3 aromatic rings. The number of hydrogen-bond donors (Lipinski definition) is 1. The fourth-order valence-corrected chi connectivity index (χ4v) is 2.04. The molecule has 1 heterocycles. The van der Waals surface area contributed by atoms with Gasteiger partial charge in [-0.3, -0.25) is 0 Å². The molecule has 5 nitrogen and oxygen atoms in total. The van der Waals surface area contributed by atoms with Crippen LogP contribution in [0.1, 0.15) is 0 Å². The summed E-state index contributed by atoms with van der Waals surface area (Å²) >= 11 is 0. The van der Waals surface area contributed by atoms with Crippen molar-refractivity contribution in [3.05, 3.63) is 60.7 Å². The lowest BCUT2D eigenvalue weighted by Gasteiger charge is -2.08. The first-order valence-electron chi connectivity index (χ1n) is 6.85. The molecule has 0 spiro atoms. The van der Waals surface area contributed by atoms with Crippen LogP contribution < -0.4 is 5.72 Å². The third-order valence-electron chi connectivity index (χ3n) is 3.16. The molecule has 0 aliphatic rings. The van der Waals surface area contributed by atoms with Crippen molar-refractivity contribution in [1.82, 2.24) is 15.0 Å². The minimum atomic E-state index is -1.19. The molecule has 0 bridgehead atoms. The average Bonchev–Trinajstić information content (AvgIpc) is 2.62. The highest BCUT2D eigenvalue weighted by Crippen LogP contribution is 2.18. The normalized spacial score (nSPS) is 10.5. The van der Waals surface area contributed by atoms with Gasteiger partial charge in [0.2, 0.25) is 0 Å². The Kier molecular flexibility index (Phi) is 4.23. The van der Waals surface area contributed by atoms with Gasteiger partial charge in [-0.15, -0.1) is 0 Å². The molecule has 0 aliphatic heterocycles. The second-order valence-corrected chi connectivity index (χ2v) is 4.66. The number of benzene rings is 2. The van der Waals surface area contributed by atoms with Crippen LogP contribution >= 0.6 is 0 Å². The van der Waals surface area contributed by atoms with E-state index >= 15 is 0 Å². The second-order valence-electron chi connectivity index (χ2n) is 4.66. The van der Waals surface area contributed by atoms with Gasteiger partial charge in [0, 0.05) is 18.2 Å². The van der Waals surface area contributed by atoms with E-state index in [2.05, 4.69) is 15.0 Å². The van der Waals surface area contributed by atoms with Crippen LogP contribution in [0.5, 0.6) is 0 Å². The minimum Gasteiger partial charge on any atom is -0.421 e. The van der Waals surface area contributed by atoms with Crippen LogP contribution in [-0.2, 0) is 4.65 Å². The summed E-state index contributed by atoms with van der Waals surface area (Å²) in [7, 11) is 0.215. The smallest absolute Gasteiger partial charge is 0.421 e. The van der Waals surface area contributed by atoms with Crippen molar-refractivity contribution < 1.29 is 9.68 Å². The second kappa shape index (κ2) is 6.47. The SMILES string of the molecule is COB(O)c1nc(-c2ccccc2)nc(-c2ccccc2)n1. The Hall–Kier alpha value is -2.57. The fourth-order valence-electron chi connectivity index (χ4n) is 2.04. The zero-order valence-electron chi connectivity index (χ0n) is 12.0. The molecule has 0 saturated carbocycles. The van der Waals surface area contributed by atoms with E-state index in [1.165, 1.54) is 7.11 Å². The van der Waals surface area contributed by atoms with Crippen LogP contribution in [0.15, 0.2) is 60.7 Å². The molecule has 108 valence electrons. The topological polar surface area (TPSA) is 68.1 Å². The van der Waals surface area contributed by atoms with Gasteiger partial charge < -0.3 is 9.68 Å². The molecule has 2 aromatic carbocycles. The molecule has 1 N–H and O–H groups in total.